The highest BCUT2D eigenvalue weighted by atomic mass is 35.5. The summed E-state index contributed by atoms with van der Waals surface area (Å²) in [7, 11) is 0. The molecule has 1 aromatic carbocycles. The molecule has 0 aliphatic carbocycles. The second kappa shape index (κ2) is 8.78. The third kappa shape index (κ3) is 4.90. The molecular weight excluding hydrogens is 362 g/mol. The standard InChI is InChI=1S/C18H18ClNO4S/c1-3-11-9-13(17(23)12-7-5-6-8-14(12)19)18(25-11)20-15(21)10-16(22)24-4-2/h5-9H,3-4,10H2,1-2H3,(H,20,21). The molecule has 1 aromatic heterocycles. The fourth-order valence-electron chi connectivity index (χ4n) is 2.18. The number of hydrogen-bond acceptors (Lipinski definition) is 5. The summed E-state index contributed by atoms with van der Waals surface area (Å²) in [5.74, 6) is -1.39. The molecule has 2 aromatic rings. The van der Waals surface area contributed by atoms with E-state index in [-0.39, 0.29) is 12.4 Å². The molecule has 7 heteroatoms. The Kier molecular flexibility index (Phi) is 6.73. The predicted octanol–water partition coefficient (Wildman–Crippen LogP) is 4.09. The molecule has 0 radical (unpaired) electrons. The van der Waals surface area contributed by atoms with E-state index in [0.29, 0.717) is 21.2 Å². The van der Waals surface area contributed by atoms with Crippen LogP contribution in [0.25, 0.3) is 0 Å². The molecule has 2 rings (SSSR count). The van der Waals surface area contributed by atoms with Gasteiger partial charge in [0.2, 0.25) is 5.91 Å². The van der Waals surface area contributed by atoms with Crippen LogP contribution in [0.3, 0.4) is 0 Å². The fraction of sp³-hybridized carbons (Fsp3) is 0.278. The number of carbonyl (C=O) groups excluding carboxylic acids is 3. The van der Waals surface area contributed by atoms with Gasteiger partial charge >= 0.3 is 5.97 Å². The van der Waals surface area contributed by atoms with Crippen molar-refractivity contribution in [2.75, 3.05) is 11.9 Å². The highest BCUT2D eigenvalue weighted by Gasteiger charge is 2.21. The zero-order valence-corrected chi connectivity index (χ0v) is 15.5. The fourth-order valence-corrected chi connectivity index (χ4v) is 3.41. The van der Waals surface area contributed by atoms with Crippen LogP contribution in [0.15, 0.2) is 30.3 Å². The van der Waals surface area contributed by atoms with Gasteiger partial charge in [-0.25, -0.2) is 0 Å². The first-order valence-corrected chi connectivity index (χ1v) is 9.03. The molecule has 5 nitrogen and oxygen atoms in total. The topological polar surface area (TPSA) is 72.5 Å². The van der Waals surface area contributed by atoms with Crippen LogP contribution in [0.4, 0.5) is 5.00 Å². The molecular formula is C18H18ClNO4S. The first-order valence-electron chi connectivity index (χ1n) is 7.83. The predicted molar refractivity (Wildman–Crippen MR) is 98.5 cm³/mol. The summed E-state index contributed by atoms with van der Waals surface area (Å²) >= 11 is 7.41. The number of esters is 1. The summed E-state index contributed by atoms with van der Waals surface area (Å²) in [5.41, 5.74) is 0.734. The van der Waals surface area contributed by atoms with Gasteiger partial charge in [-0.05, 0) is 31.5 Å². The van der Waals surface area contributed by atoms with Crippen molar-refractivity contribution in [3.63, 3.8) is 0 Å². The van der Waals surface area contributed by atoms with Gasteiger partial charge in [-0.15, -0.1) is 11.3 Å². The molecule has 0 saturated heterocycles. The average Bonchev–Trinajstić information content (AvgIpc) is 2.97. The summed E-state index contributed by atoms with van der Waals surface area (Å²) in [5, 5.41) is 3.40. The highest BCUT2D eigenvalue weighted by Crippen LogP contribution is 2.32. The smallest absolute Gasteiger partial charge is 0.315 e. The highest BCUT2D eigenvalue weighted by molar-refractivity contribution is 7.16. The van der Waals surface area contributed by atoms with E-state index in [1.807, 2.05) is 6.92 Å². The molecule has 1 heterocycles. The quantitative estimate of drug-likeness (QED) is 0.447. The Labute approximate surface area is 154 Å². The van der Waals surface area contributed by atoms with E-state index in [0.717, 1.165) is 11.3 Å². The minimum Gasteiger partial charge on any atom is -0.466 e. The van der Waals surface area contributed by atoms with Crippen LogP contribution in [0.1, 0.15) is 41.1 Å². The number of benzene rings is 1. The first-order chi connectivity index (χ1) is 12.0. The number of nitrogens with one attached hydrogen (secondary N) is 1. The lowest BCUT2D eigenvalue weighted by atomic mass is 10.0. The molecule has 132 valence electrons. The van der Waals surface area contributed by atoms with Gasteiger partial charge in [-0.1, -0.05) is 30.7 Å². The number of rotatable bonds is 7. The van der Waals surface area contributed by atoms with E-state index in [4.69, 9.17) is 16.3 Å². The number of amides is 1. The summed E-state index contributed by atoms with van der Waals surface area (Å²) in [4.78, 5) is 37.2. The van der Waals surface area contributed by atoms with E-state index in [2.05, 4.69) is 5.32 Å². The molecule has 1 N–H and O–H groups in total. The maximum absolute atomic E-state index is 12.8. The molecule has 0 unspecified atom stereocenters. The zero-order chi connectivity index (χ0) is 18.4. The summed E-state index contributed by atoms with van der Waals surface area (Å²) in [6.45, 7) is 3.84. The largest absolute Gasteiger partial charge is 0.466 e. The molecule has 0 spiro atoms. The Balaban J connectivity index is 2.26. The Morgan fingerprint density at radius 3 is 2.52 bits per heavy atom. The lowest BCUT2D eigenvalue weighted by Crippen LogP contribution is -2.18. The Hall–Kier alpha value is -2.18. The van der Waals surface area contributed by atoms with Crippen LogP contribution < -0.4 is 5.32 Å². The third-order valence-corrected chi connectivity index (χ3v) is 4.88. The van der Waals surface area contributed by atoms with Crippen molar-refractivity contribution in [3.05, 3.63) is 51.4 Å². The van der Waals surface area contributed by atoms with Crippen LogP contribution in [0.2, 0.25) is 5.02 Å². The number of hydrogen-bond donors (Lipinski definition) is 1. The van der Waals surface area contributed by atoms with Gasteiger partial charge in [-0.3, -0.25) is 14.4 Å². The van der Waals surface area contributed by atoms with E-state index in [1.165, 1.54) is 11.3 Å². The maximum Gasteiger partial charge on any atom is 0.315 e. The molecule has 0 aliphatic rings. The Bertz CT molecular complexity index is 800. The van der Waals surface area contributed by atoms with Crippen LogP contribution in [-0.4, -0.2) is 24.3 Å². The van der Waals surface area contributed by atoms with Gasteiger partial charge in [0.05, 0.1) is 17.2 Å². The average molecular weight is 380 g/mol. The van der Waals surface area contributed by atoms with Gasteiger partial charge in [0.25, 0.3) is 0 Å². The van der Waals surface area contributed by atoms with Gasteiger partial charge in [0.1, 0.15) is 11.4 Å². The number of anilines is 1. The second-order valence-corrected chi connectivity index (χ2v) is 6.69. The van der Waals surface area contributed by atoms with Crippen LogP contribution in [0, 0.1) is 0 Å². The van der Waals surface area contributed by atoms with Crippen molar-refractivity contribution in [1.29, 1.82) is 0 Å². The molecule has 0 aliphatic heterocycles. The number of thiophene rings is 1. The minimum atomic E-state index is -0.605. The van der Waals surface area contributed by atoms with Crippen LogP contribution in [-0.2, 0) is 20.7 Å². The minimum absolute atomic E-state index is 0.210. The Morgan fingerprint density at radius 2 is 1.88 bits per heavy atom. The molecule has 1 amide bonds. The second-order valence-electron chi connectivity index (χ2n) is 5.15. The van der Waals surface area contributed by atoms with Gasteiger partial charge in [0.15, 0.2) is 5.78 Å². The molecule has 0 bridgehead atoms. The van der Waals surface area contributed by atoms with Crippen molar-refractivity contribution >= 4 is 45.6 Å². The maximum atomic E-state index is 12.8. The van der Waals surface area contributed by atoms with E-state index in [9.17, 15) is 14.4 Å². The summed E-state index contributed by atoms with van der Waals surface area (Å²) in [6.07, 6.45) is 0.328. The normalized spacial score (nSPS) is 10.4. The van der Waals surface area contributed by atoms with E-state index in [1.54, 1.807) is 37.3 Å². The zero-order valence-electron chi connectivity index (χ0n) is 13.9. The number of ketones is 1. The SMILES string of the molecule is CCOC(=O)CC(=O)Nc1sc(CC)cc1C(=O)c1ccccc1Cl. The number of carbonyl (C=O) groups is 3. The number of ether oxygens (including phenoxy) is 1. The van der Waals surface area contributed by atoms with Gasteiger partial charge < -0.3 is 10.1 Å². The number of aryl methyl sites for hydroxylation is 1. The van der Waals surface area contributed by atoms with Gasteiger partial charge in [0, 0.05) is 10.4 Å². The van der Waals surface area contributed by atoms with E-state index >= 15 is 0 Å². The molecule has 0 saturated carbocycles. The van der Waals surface area contributed by atoms with Crippen LogP contribution >= 0.6 is 22.9 Å². The number of halogens is 1. The molecule has 0 atom stereocenters. The molecule has 25 heavy (non-hydrogen) atoms. The van der Waals surface area contributed by atoms with Crippen molar-refractivity contribution in [1.82, 2.24) is 0 Å². The van der Waals surface area contributed by atoms with E-state index < -0.39 is 18.3 Å². The van der Waals surface area contributed by atoms with Crippen molar-refractivity contribution in [2.45, 2.75) is 26.7 Å². The summed E-state index contributed by atoms with van der Waals surface area (Å²) < 4.78 is 4.76. The Morgan fingerprint density at radius 1 is 1.16 bits per heavy atom. The van der Waals surface area contributed by atoms with Crippen LogP contribution in [0.5, 0.6) is 0 Å². The monoisotopic (exact) mass is 379 g/mol. The lowest BCUT2D eigenvalue weighted by molar-refractivity contribution is -0.145. The van der Waals surface area contributed by atoms with Crippen molar-refractivity contribution < 1.29 is 19.1 Å². The third-order valence-electron chi connectivity index (χ3n) is 3.36. The molecule has 0 fully saturated rings. The first kappa shape index (κ1) is 19.1. The van der Waals surface area contributed by atoms with Crippen molar-refractivity contribution in [2.24, 2.45) is 0 Å². The van der Waals surface area contributed by atoms with Crippen molar-refractivity contribution in [3.8, 4) is 0 Å². The lowest BCUT2D eigenvalue weighted by Gasteiger charge is -2.07. The van der Waals surface area contributed by atoms with Gasteiger partial charge in [-0.2, -0.15) is 0 Å². The summed E-state index contributed by atoms with van der Waals surface area (Å²) in [6, 6.07) is 8.49.